The molecule has 1 saturated carbocycles. The molecule has 3 aliphatic rings. The first-order valence-corrected chi connectivity index (χ1v) is 11.6. The van der Waals surface area contributed by atoms with Crippen LogP contribution in [0, 0.1) is 17.8 Å². The molecule has 0 spiro atoms. The van der Waals surface area contributed by atoms with Crippen LogP contribution in [0.15, 0.2) is 29.2 Å². The maximum atomic E-state index is 12.9. The van der Waals surface area contributed by atoms with Crippen LogP contribution in [-0.4, -0.2) is 56.5 Å². The summed E-state index contributed by atoms with van der Waals surface area (Å²) >= 11 is 0. The Morgan fingerprint density at radius 3 is 2.14 bits per heavy atom. The van der Waals surface area contributed by atoms with Crippen LogP contribution < -0.4 is 4.74 Å². The highest BCUT2D eigenvalue weighted by Crippen LogP contribution is 2.42. The lowest BCUT2D eigenvalue weighted by molar-refractivity contribution is -0.0498. The lowest BCUT2D eigenvalue weighted by atomic mass is 9.97. The first kappa shape index (κ1) is 20.0. The van der Waals surface area contributed by atoms with Gasteiger partial charge in [0.1, 0.15) is 5.75 Å². The highest BCUT2D eigenvalue weighted by atomic mass is 32.2. The highest BCUT2D eigenvalue weighted by Gasteiger charge is 2.46. The van der Waals surface area contributed by atoms with Crippen LogP contribution in [0.2, 0.25) is 0 Å². The Labute approximate surface area is 165 Å². The van der Waals surface area contributed by atoms with Gasteiger partial charge >= 0.3 is 6.61 Å². The van der Waals surface area contributed by atoms with E-state index in [1.165, 1.54) is 50.2 Å². The number of nitrogens with zero attached hydrogens (tertiary/aromatic N) is 2. The van der Waals surface area contributed by atoms with Gasteiger partial charge in [0.25, 0.3) is 0 Å². The van der Waals surface area contributed by atoms with Crippen molar-refractivity contribution in [1.29, 1.82) is 0 Å². The average molecular weight is 415 g/mol. The van der Waals surface area contributed by atoms with E-state index in [0.717, 1.165) is 18.8 Å². The number of benzene rings is 1. The molecule has 28 heavy (non-hydrogen) atoms. The standard InChI is InChI=1S/C20H28F2N2O3S/c1-14-6-8-23(9-7-14)17-10-15-12-24(13-16(15)11-17)28(25,26)19-4-2-18(3-5-19)27-20(21)22/h2-5,14-17,20H,6-13H2,1H3/t15-,16+,17?. The normalized spacial score (nSPS) is 30.1. The lowest BCUT2D eigenvalue weighted by Crippen LogP contribution is -2.41. The van der Waals surface area contributed by atoms with E-state index >= 15 is 0 Å². The SMILES string of the molecule is CC1CCN(C2C[C@@H]3CN(S(=O)(=O)c4ccc(OC(F)F)cc4)C[C@@H]3C2)CC1. The van der Waals surface area contributed by atoms with Gasteiger partial charge in [0.15, 0.2) is 0 Å². The third-order valence-corrected chi connectivity index (χ3v) is 8.56. The van der Waals surface area contributed by atoms with Crippen molar-refractivity contribution < 1.29 is 21.9 Å². The van der Waals surface area contributed by atoms with Gasteiger partial charge in [-0.25, -0.2) is 8.42 Å². The van der Waals surface area contributed by atoms with Gasteiger partial charge in [-0.05, 0) is 80.8 Å². The van der Waals surface area contributed by atoms with Crippen molar-refractivity contribution in [3.63, 3.8) is 0 Å². The molecular weight excluding hydrogens is 386 g/mol. The van der Waals surface area contributed by atoms with Crippen LogP contribution in [0.3, 0.4) is 0 Å². The second-order valence-electron chi connectivity index (χ2n) is 8.54. The quantitative estimate of drug-likeness (QED) is 0.741. The van der Waals surface area contributed by atoms with Gasteiger partial charge in [-0.2, -0.15) is 13.1 Å². The Hall–Kier alpha value is -1.25. The molecule has 3 fully saturated rings. The second-order valence-corrected chi connectivity index (χ2v) is 10.5. The molecule has 3 atom stereocenters. The molecule has 156 valence electrons. The van der Waals surface area contributed by atoms with Crippen molar-refractivity contribution in [2.75, 3.05) is 26.2 Å². The molecule has 8 heteroatoms. The third-order valence-electron chi connectivity index (χ3n) is 6.71. The molecular formula is C20H28F2N2O3S. The predicted molar refractivity (Wildman–Crippen MR) is 102 cm³/mol. The number of hydrogen-bond acceptors (Lipinski definition) is 4. The summed E-state index contributed by atoms with van der Waals surface area (Å²) in [5.74, 6) is 1.61. The van der Waals surface area contributed by atoms with Crippen molar-refractivity contribution in [2.24, 2.45) is 17.8 Å². The van der Waals surface area contributed by atoms with Crippen LogP contribution >= 0.6 is 0 Å². The fourth-order valence-corrected chi connectivity index (χ4v) is 6.61. The molecule has 2 aliphatic heterocycles. The topological polar surface area (TPSA) is 49.9 Å². The van der Waals surface area contributed by atoms with Gasteiger partial charge in [0.05, 0.1) is 4.90 Å². The second kappa shape index (κ2) is 7.88. The number of halogens is 2. The minimum absolute atomic E-state index is 0.0362. The Bertz CT molecular complexity index is 765. The summed E-state index contributed by atoms with van der Waals surface area (Å²) in [6.07, 6.45) is 4.67. The number of likely N-dealkylation sites (tertiary alicyclic amines) is 1. The summed E-state index contributed by atoms with van der Waals surface area (Å²) in [4.78, 5) is 2.74. The number of ether oxygens (including phenoxy) is 1. The van der Waals surface area contributed by atoms with Crippen molar-refractivity contribution in [3.05, 3.63) is 24.3 Å². The number of hydrogen-bond donors (Lipinski definition) is 0. The number of sulfonamides is 1. The van der Waals surface area contributed by atoms with Crippen molar-refractivity contribution in [2.45, 2.75) is 50.2 Å². The van der Waals surface area contributed by atoms with Gasteiger partial charge in [0.2, 0.25) is 10.0 Å². The maximum Gasteiger partial charge on any atom is 0.387 e. The third kappa shape index (κ3) is 4.04. The molecule has 1 unspecified atom stereocenters. The molecule has 0 radical (unpaired) electrons. The Kier molecular flexibility index (Phi) is 5.64. The maximum absolute atomic E-state index is 12.9. The number of alkyl halides is 2. The zero-order valence-electron chi connectivity index (χ0n) is 16.1. The predicted octanol–water partition coefficient (Wildman–Crippen LogP) is 3.42. The Morgan fingerprint density at radius 1 is 1.04 bits per heavy atom. The van der Waals surface area contributed by atoms with Crippen LogP contribution in [0.25, 0.3) is 0 Å². The van der Waals surface area contributed by atoms with E-state index in [4.69, 9.17) is 0 Å². The van der Waals surface area contributed by atoms with E-state index in [1.54, 1.807) is 4.31 Å². The molecule has 2 saturated heterocycles. The van der Waals surface area contributed by atoms with Crippen LogP contribution in [0.4, 0.5) is 8.78 Å². The van der Waals surface area contributed by atoms with E-state index in [1.807, 2.05) is 0 Å². The molecule has 0 amide bonds. The number of rotatable bonds is 5. The number of piperidine rings is 1. The lowest BCUT2D eigenvalue weighted by Gasteiger charge is -2.35. The summed E-state index contributed by atoms with van der Waals surface area (Å²) < 4.78 is 56.3. The van der Waals surface area contributed by atoms with Gasteiger partial charge in [0, 0.05) is 19.1 Å². The smallest absolute Gasteiger partial charge is 0.387 e. The fraction of sp³-hybridized carbons (Fsp3) is 0.700. The number of fused-ring (bicyclic) bond motifs is 1. The summed E-state index contributed by atoms with van der Waals surface area (Å²) in [6.45, 7) is 2.85. The zero-order chi connectivity index (χ0) is 19.9. The molecule has 2 heterocycles. The first-order valence-electron chi connectivity index (χ1n) is 10.1. The minimum Gasteiger partial charge on any atom is -0.435 e. The van der Waals surface area contributed by atoms with Crippen molar-refractivity contribution in [3.8, 4) is 5.75 Å². The van der Waals surface area contributed by atoms with E-state index in [9.17, 15) is 17.2 Å². The van der Waals surface area contributed by atoms with Gasteiger partial charge in [-0.3, -0.25) is 0 Å². The Morgan fingerprint density at radius 2 is 1.61 bits per heavy atom. The van der Waals surface area contributed by atoms with Gasteiger partial charge in [-0.1, -0.05) is 6.92 Å². The molecule has 0 N–H and O–H groups in total. The average Bonchev–Trinajstić information content (AvgIpc) is 3.22. The molecule has 1 aromatic rings. The van der Waals surface area contributed by atoms with Crippen LogP contribution in [-0.2, 0) is 10.0 Å². The summed E-state index contributed by atoms with van der Waals surface area (Å²) in [5, 5.41) is 0. The van der Waals surface area contributed by atoms with Gasteiger partial charge < -0.3 is 9.64 Å². The largest absolute Gasteiger partial charge is 0.435 e. The molecule has 0 aromatic heterocycles. The van der Waals surface area contributed by atoms with Crippen molar-refractivity contribution >= 4 is 10.0 Å². The van der Waals surface area contributed by atoms with Crippen molar-refractivity contribution in [1.82, 2.24) is 9.21 Å². The van der Waals surface area contributed by atoms with Crippen LogP contribution in [0.1, 0.15) is 32.6 Å². The Balaban J connectivity index is 1.37. The molecule has 4 rings (SSSR count). The van der Waals surface area contributed by atoms with E-state index in [2.05, 4.69) is 16.6 Å². The first-order chi connectivity index (χ1) is 13.3. The highest BCUT2D eigenvalue weighted by molar-refractivity contribution is 7.89. The fourth-order valence-electron chi connectivity index (χ4n) is 5.06. The molecule has 0 bridgehead atoms. The summed E-state index contributed by atoms with van der Waals surface area (Å²) in [6, 6.07) is 5.85. The molecule has 5 nitrogen and oxygen atoms in total. The van der Waals surface area contributed by atoms with E-state index in [-0.39, 0.29) is 10.6 Å². The summed E-state index contributed by atoms with van der Waals surface area (Å²) in [5.41, 5.74) is 0. The van der Waals surface area contributed by atoms with Gasteiger partial charge in [-0.15, -0.1) is 0 Å². The summed E-state index contributed by atoms with van der Waals surface area (Å²) in [7, 11) is -3.60. The zero-order valence-corrected chi connectivity index (χ0v) is 17.0. The monoisotopic (exact) mass is 414 g/mol. The molecule has 1 aromatic carbocycles. The molecule has 1 aliphatic carbocycles. The van der Waals surface area contributed by atoms with E-state index in [0.29, 0.717) is 31.0 Å². The van der Waals surface area contributed by atoms with E-state index < -0.39 is 16.6 Å². The minimum atomic E-state index is -3.60. The van der Waals surface area contributed by atoms with Crippen LogP contribution in [0.5, 0.6) is 5.75 Å².